The van der Waals surface area contributed by atoms with E-state index >= 15 is 0 Å². The Balaban J connectivity index is 1.32. The second kappa shape index (κ2) is 9.02. The zero-order chi connectivity index (χ0) is 30.8. The van der Waals surface area contributed by atoms with Crippen molar-refractivity contribution in [3.8, 4) is 27.9 Å². The Morgan fingerprint density at radius 2 is 0.894 bits per heavy atom. The van der Waals surface area contributed by atoms with Gasteiger partial charge in [-0.3, -0.25) is 0 Å². The van der Waals surface area contributed by atoms with Gasteiger partial charge in [0.15, 0.2) is 0 Å². The van der Waals surface area contributed by atoms with Crippen LogP contribution >= 0.6 is 0 Å². The van der Waals surface area contributed by atoms with E-state index in [0.29, 0.717) is 6.42 Å². The summed E-state index contributed by atoms with van der Waals surface area (Å²) >= 11 is 0. The summed E-state index contributed by atoms with van der Waals surface area (Å²) in [5.41, 5.74) is 15.8. The van der Waals surface area contributed by atoms with Crippen molar-refractivity contribution < 1.29 is 8.83 Å². The second-order valence-corrected chi connectivity index (χ2v) is 12.8. The summed E-state index contributed by atoms with van der Waals surface area (Å²) in [6.45, 7) is 2.27. The SMILES string of the molecule is Cc1c2cc(-n3c4ccccc4c4ccccc43)cc1-c1ccc3c(oc4ccccc43)c1Cc1c-2ccc2c1oc1ccccc12. The molecule has 0 saturated carbocycles. The monoisotopic (exact) mass is 601 g/mol. The predicted octanol–water partition coefficient (Wildman–Crippen LogP) is 12.1. The molecule has 2 bridgehead atoms. The standard InChI is InChI=1S/C44H27NO2/c1-25-35-22-26(45-39-14-6-2-10-29(39)30-11-3-7-15-40(30)45)23-36(25)28-19-21-34-32-13-5-9-17-42(32)47-44(34)38(28)24-37-27(35)18-20-33-31-12-4-8-16-41(31)46-43(33)37/h2-23H,24H2,1H3. The van der Waals surface area contributed by atoms with Crippen molar-refractivity contribution in [2.45, 2.75) is 13.3 Å². The van der Waals surface area contributed by atoms with Gasteiger partial charge in [-0.15, -0.1) is 0 Å². The molecule has 10 aromatic rings. The first kappa shape index (κ1) is 25.2. The number of hydrogen-bond acceptors (Lipinski definition) is 2. The van der Waals surface area contributed by atoms with E-state index in [-0.39, 0.29) is 0 Å². The molecule has 3 heterocycles. The molecule has 0 unspecified atom stereocenters. The summed E-state index contributed by atoms with van der Waals surface area (Å²) in [5, 5.41) is 7.10. The minimum Gasteiger partial charge on any atom is -0.456 e. The topological polar surface area (TPSA) is 31.2 Å². The van der Waals surface area contributed by atoms with Crippen LogP contribution in [0.5, 0.6) is 0 Å². The van der Waals surface area contributed by atoms with Crippen LogP contribution in [0.25, 0.3) is 93.6 Å². The van der Waals surface area contributed by atoms with Crippen molar-refractivity contribution in [3.05, 3.63) is 150 Å². The lowest BCUT2D eigenvalue weighted by molar-refractivity contribution is 0.659. The highest BCUT2D eigenvalue weighted by atomic mass is 16.3. The molecule has 3 aromatic heterocycles. The summed E-state index contributed by atoms with van der Waals surface area (Å²) in [6, 6.07) is 48.1. The van der Waals surface area contributed by atoms with Crippen molar-refractivity contribution in [3.63, 3.8) is 0 Å². The van der Waals surface area contributed by atoms with Gasteiger partial charge in [0.2, 0.25) is 0 Å². The van der Waals surface area contributed by atoms with Gasteiger partial charge in [-0.1, -0.05) is 84.9 Å². The molecule has 1 aliphatic carbocycles. The molecule has 3 heteroatoms. The third-order valence-electron chi connectivity index (χ3n) is 10.5. The highest BCUT2D eigenvalue weighted by Crippen LogP contribution is 2.48. The number of benzene rings is 7. The minimum absolute atomic E-state index is 0.700. The molecule has 0 fully saturated rings. The summed E-state index contributed by atoms with van der Waals surface area (Å²) < 4.78 is 15.9. The van der Waals surface area contributed by atoms with Crippen LogP contribution < -0.4 is 0 Å². The van der Waals surface area contributed by atoms with Crippen LogP contribution in [0.2, 0.25) is 0 Å². The number of fused-ring (bicyclic) bond motifs is 17. The van der Waals surface area contributed by atoms with Crippen LogP contribution in [0.1, 0.15) is 16.7 Å². The largest absolute Gasteiger partial charge is 0.456 e. The lowest BCUT2D eigenvalue weighted by Gasteiger charge is -2.24. The Kier molecular flexibility index (Phi) is 4.83. The van der Waals surface area contributed by atoms with E-state index in [1.54, 1.807) is 0 Å². The number of nitrogens with zero attached hydrogens (tertiary/aromatic N) is 1. The lowest BCUT2D eigenvalue weighted by atomic mass is 9.81. The molecule has 11 rings (SSSR count). The van der Waals surface area contributed by atoms with Gasteiger partial charge in [0.05, 0.1) is 11.0 Å². The fourth-order valence-electron chi connectivity index (χ4n) is 8.31. The molecule has 0 spiro atoms. The molecular weight excluding hydrogens is 574 g/mol. The molecule has 1 aliphatic rings. The van der Waals surface area contributed by atoms with E-state index in [2.05, 4.69) is 133 Å². The van der Waals surface area contributed by atoms with E-state index in [1.165, 1.54) is 60.8 Å². The average molecular weight is 602 g/mol. The van der Waals surface area contributed by atoms with Crippen molar-refractivity contribution in [2.24, 2.45) is 0 Å². The van der Waals surface area contributed by atoms with E-state index in [0.717, 1.165) is 49.6 Å². The third kappa shape index (κ3) is 3.30. The highest BCUT2D eigenvalue weighted by molar-refractivity contribution is 6.12. The Morgan fingerprint density at radius 1 is 0.447 bits per heavy atom. The highest BCUT2D eigenvalue weighted by Gasteiger charge is 2.27. The van der Waals surface area contributed by atoms with E-state index in [9.17, 15) is 0 Å². The molecule has 0 atom stereocenters. The summed E-state index contributed by atoms with van der Waals surface area (Å²) in [4.78, 5) is 0. The molecule has 0 aliphatic heterocycles. The maximum Gasteiger partial charge on any atom is 0.139 e. The van der Waals surface area contributed by atoms with Crippen molar-refractivity contribution in [1.29, 1.82) is 0 Å². The first-order valence-electron chi connectivity index (χ1n) is 16.2. The molecule has 220 valence electrons. The molecule has 0 radical (unpaired) electrons. The smallest absolute Gasteiger partial charge is 0.139 e. The number of hydrogen-bond donors (Lipinski definition) is 0. The van der Waals surface area contributed by atoms with Gasteiger partial charge in [-0.25, -0.2) is 0 Å². The molecule has 3 nitrogen and oxygen atoms in total. The van der Waals surface area contributed by atoms with Crippen molar-refractivity contribution in [2.75, 3.05) is 0 Å². The van der Waals surface area contributed by atoms with Gasteiger partial charge in [0.1, 0.15) is 22.3 Å². The fourth-order valence-corrected chi connectivity index (χ4v) is 8.31. The van der Waals surface area contributed by atoms with Crippen LogP contribution in [-0.4, -0.2) is 4.57 Å². The normalized spacial score (nSPS) is 12.7. The second-order valence-electron chi connectivity index (χ2n) is 12.8. The van der Waals surface area contributed by atoms with Crippen LogP contribution in [-0.2, 0) is 6.42 Å². The van der Waals surface area contributed by atoms with Gasteiger partial charge >= 0.3 is 0 Å². The van der Waals surface area contributed by atoms with Crippen LogP contribution in [0.3, 0.4) is 0 Å². The average Bonchev–Trinajstić information content (AvgIpc) is 3.79. The van der Waals surface area contributed by atoms with E-state index in [1.807, 2.05) is 12.1 Å². The molecular formula is C44H27NO2. The summed E-state index contributed by atoms with van der Waals surface area (Å²) in [7, 11) is 0. The Bertz CT molecular complexity index is 2750. The summed E-state index contributed by atoms with van der Waals surface area (Å²) in [5.74, 6) is 0. The number of para-hydroxylation sites is 4. The van der Waals surface area contributed by atoms with Crippen LogP contribution in [0, 0.1) is 6.92 Å². The van der Waals surface area contributed by atoms with E-state index < -0.39 is 0 Å². The summed E-state index contributed by atoms with van der Waals surface area (Å²) in [6.07, 6.45) is 0.700. The minimum atomic E-state index is 0.700. The van der Waals surface area contributed by atoms with Gasteiger partial charge in [0, 0.05) is 55.6 Å². The predicted molar refractivity (Wildman–Crippen MR) is 194 cm³/mol. The quantitative estimate of drug-likeness (QED) is 0.187. The Morgan fingerprint density at radius 3 is 1.40 bits per heavy atom. The van der Waals surface area contributed by atoms with Crippen molar-refractivity contribution in [1.82, 2.24) is 4.57 Å². The molecule has 0 amide bonds. The number of rotatable bonds is 1. The van der Waals surface area contributed by atoms with E-state index in [4.69, 9.17) is 8.83 Å². The number of furan rings is 2. The van der Waals surface area contributed by atoms with Crippen LogP contribution in [0.4, 0.5) is 0 Å². The Labute approximate surface area is 269 Å². The first-order chi connectivity index (χ1) is 23.2. The fraction of sp³-hybridized carbons (Fsp3) is 0.0455. The van der Waals surface area contributed by atoms with Gasteiger partial charge in [-0.05, 0) is 83.3 Å². The zero-order valence-electron chi connectivity index (χ0n) is 25.7. The molecule has 47 heavy (non-hydrogen) atoms. The zero-order valence-corrected chi connectivity index (χ0v) is 25.7. The first-order valence-corrected chi connectivity index (χ1v) is 16.2. The third-order valence-corrected chi connectivity index (χ3v) is 10.5. The maximum absolute atomic E-state index is 6.73. The van der Waals surface area contributed by atoms with Crippen molar-refractivity contribution >= 4 is 65.7 Å². The van der Waals surface area contributed by atoms with Crippen LogP contribution in [0.15, 0.2) is 142 Å². The molecule has 7 aromatic carbocycles. The van der Waals surface area contributed by atoms with Gasteiger partial charge in [0.25, 0.3) is 0 Å². The molecule has 0 N–H and O–H groups in total. The number of aromatic nitrogens is 1. The lowest BCUT2D eigenvalue weighted by Crippen LogP contribution is -2.05. The van der Waals surface area contributed by atoms with Gasteiger partial charge in [-0.2, -0.15) is 0 Å². The Hall–Kier alpha value is -6.06. The van der Waals surface area contributed by atoms with Gasteiger partial charge < -0.3 is 13.4 Å². The maximum atomic E-state index is 6.73. The molecule has 0 saturated heterocycles.